The largest absolute Gasteiger partial charge is 0.393 e. The van der Waals surface area contributed by atoms with Crippen molar-refractivity contribution in [2.24, 2.45) is 11.1 Å². The van der Waals surface area contributed by atoms with Gasteiger partial charge in [-0.05, 0) is 54.0 Å². The minimum absolute atomic E-state index is 0.210. The molecule has 3 aromatic rings. The zero-order valence-electron chi connectivity index (χ0n) is 17.9. The van der Waals surface area contributed by atoms with Gasteiger partial charge >= 0.3 is 10.3 Å². The summed E-state index contributed by atoms with van der Waals surface area (Å²) < 4.78 is 26.7. The number of anilines is 1. The van der Waals surface area contributed by atoms with Crippen molar-refractivity contribution < 1.29 is 22.5 Å². The molecule has 180 valence electrons. The number of rotatable bonds is 9. The molecule has 34 heavy (non-hydrogen) atoms. The number of nitrogens with zero attached hydrogens (tertiary/aromatic N) is 2. The topological polar surface area (TPSA) is 144 Å². The predicted octanol–water partition coefficient (Wildman–Crippen LogP) is 2.78. The van der Waals surface area contributed by atoms with Crippen LogP contribution < -0.4 is 10.5 Å². The Morgan fingerprint density at radius 3 is 2.88 bits per heavy atom. The van der Waals surface area contributed by atoms with Crippen LogP contribution in [0.5, 0.6) is 0 Å². The summed E-state index contributed by atoms with van der Waals surface area (Å²) in [6.45, 7) is -0.210. The molecule has 9 nitrogen and oxygen atoms in total. The summed E-state index contributed by atoms with van der Waals surface area (Å²) in [5.74, 6) is -0.267. The van der Waals surface area contributed by atoms with Gasteiger partial charge in [0, 0.05) is 23.2 Å². The number of hydrogen-bond acceptors (Lipinski definition) is 9. The van der Waals surface area contributed by atoms with Gasteiger partial charge < -0.3 is 10.4 Å². The number of nitrogens with one attached hydrogen (secondary N) is 1. The number of carbonyl (C=O) groups excluding carboxylic acids is 1. The number of aromatic nitrogens is 2. The number of thiophene rings is 1. The number of halogens is 1. The number of carbonyl (C=O) groups is 1. The third kappa shape index (κ3) is 6.38. The molecule has 0 unspecified atom stereocenters. The molecule has 0 radical (unpaired) electrons. The molecule has 3 atom stereocenters. The van der Waals surface area contributed by atoms with Gasteiger partial charge in [0.15, 0.2) is 0 Å². The molecule has 1 aromatic carbocycles. The SMILES string of the molecule is NS(=O)(=O)OC[C@H]1C[C@@H](Nc2ncncc2C(=O)c2cc(Cc3cccc(Cl)c3)cs2)C[C@@H]1O. The number of ketones is 1. The minimum Gasteiger partial charge on any atom is -0.393 e. The first-order valence-corrected chi connectivity index (χ1v) is 13.2. The van der Waals surface area contributed by atoms with Gasteiger partial charge in [-0.15, -0.1) is 11.3 Å². The molecule has 0 amide bonds. The molecule has 0 saturated heterocycles. The van der Waals surface area contributed by atoms with E-state index < -0.39 is 22.3 Å². The third-order valence-corrected chi connectivity index (χ3v) is 7.25. The van der Waals surface area contributed by atoms with Crippen molar-refractivity contribution in [3.05, 3.63) is 74.8 Å². The molecule has 4 N–H and O–H groups in total. The molecular weight excluding hydrogens is 500 g/mol. The zero-order valence-corrected chi connectivity index (χ0v) is 20.3. The van der Waals surface area contributed by atoms with E-state index in [4.69, 9.17) is 16.7 Å². The maximum absolute atomic E-state index is 13.2. The van der Waals surface area contributed by atoms with Gasteiger partial charge in [-0.2, -0.15) is 8.42 Å². The molecule has 2 heterocycles. The normalized spacial score (nSPS) is 20.4. The van der Waals surface area contributed by atoms with Crippen LogP contribution in [0.2, 0.25) is 5.02 Å². The van der Waals surface area contributed by atoms with Crippen molar-refractivity contribution in [1.29, 1.82) is 0 Å². The molecule has 1 aliphatic carbocycles. The van der Waals surface area contributed by atoms with E-state index in [0.717, 1.165) is 11.1 Å². The number of benzene rings is 1. The maximum Gasteiger partial charge on any atom is 0.333 e. The van der Waals surface area contributed by atoms with Gasteiger partial charge in [0.05, 0.1) is 23.2 Å². The average molecular weight is 523 g/mol. The zero-order chi connectivity index (χ0) is 24.3. The molecule has 0 bridgehead atoms. The molecule has 0 spiro atoms. The van der Waals surface area contributed by atoms with Crippen LogP contribution in [0.15, 0.2) is 48.2 Å². The van der Waals surface area contributed by atoms with Crippen LogP contribution in [-0.2, 0) is 20.9 Å². The second-order valence-electron chi connectivity index (χ2n) is 8.16. The lowest BCUT2D eigenvalue weighted by Gasteiger charge is -2.15. The van der Waals surface area contributed by atoms with E-state index in [1.54, 1.807) is 0 Å². The van der Waals surface area contributed by atoms with Gasteiger partial charge in [-0.1, -0.05) is 23.7 Å². The van der Waals surface area contributed by atoms with E-state index in [9.17, 15) is 18.3 Å². The van der Waals surface area contributed by atoms with Gasteiger partial charge in [-0.3, -0.25) is 8.98 Å². The summed E-state index contributed by atoms with van der Waals surface area (Å²) in [7, 11) is -4.08. The Hall–Kier alpha value is -2.41. The predicted molar refractivity (Wildman–Crippen MR) is 129 cm³/mol. The average Bonchev–Trinajstić information content (AvgIpc) is 3.38. The summed E-state index contributed by atoms with van der Waals surface area (Å²) in [6.07, 6.45) is 3.46. The fourth-order valence-corrected chi connectivity index (χ4v) is 5.43. The van der Waals surface area contributed by atoms with Crippen molar-refractivity contribution in [2.45, 2.75) is 31.4 Å². The fourth-order valence-electron chi connectivity index (χ4n) is 3.99. The molecule has 0 aliphatic heterocycles. The quantitative estimate of drug-likeness (QED) is 0.364. The van der Waals surface area contributed by atoms with Crippen LogP contribution in [0.3, 0.4) is 0 Å². The highest BCUT2D eigenvalue weighted by Crippen LogP contribution is 2.30. The Labute approximate surface area is 206 Å². The van der Waals surface area contributed by atoms with Crippen molar-refractivity contribution >= 4 is 44.8 Å². The van der Waals surface area contributed by atoms with Crippen LogP contribution >= 0.6 is 22.9 Å². The van der Waals surface area contributed by atoms with E-state index in [1.807, 2.05) is 35.7 Å². The Morgan fingerprint density at radius 2 is 2.12 bits per heavy atom. The van der Waals surface area contributed by atoms with E-state index in [0.29, 0.717) is 40.5 Å². The van der Waals surface area contributed by atoms with Gasteiger partial charge in [-0.25, -0.2) is 15.1 Å². The number of hydrogen-bond donors (Lipinski definition) is 3. The number of aliphatic hydroxyl groups is 1. The van der Waals surface area contributed by atoms with Crippen LogP contribution in [-0.4, -0.2) is 48.0 Å². The fraction of sp³-hybridized carbons (Fsp3) is 0.318. The monoisotopic (exact) mass is 522 g/mol. The number of nitrogens with two attached hydrogens (primary N) is 1. The molecule has 4 rings (SSSR count). The summed E-state index contributed by atoms with van der Waals surface area (Å²) >= 11 is 7.41. The van der Waals surface area contributed by atoms with E-state index in [-0.39, 0.29) is 18.4 Å². The highest BCUT2D eigenvalue weighted by atomic mass is 35.5. The summed E-state index contributed by atoms with van der Waals surface area (Å²) in [4.78, 5) is 22.0. The highest BCUT2D eigenvalue weighted by Gasteiger charge is 2.34. The van der Waals surface area contributed by atoms with Gasteiger partial charge in [0.1, 0.15) is 12.1 Å². The second kappa shape index (κ2) is 10.5. The lowest BCUT2D eigenvalue weighted by Crippen LogP contribution is -2.24. The van der Waals surface area contributed by atoms with Crippen LogP contribution in [0, 0.1) is 5.92 Å². The van der Waals surface area contributed by atoms with Crippen LogP contribution in [0.1, 0.15) is 39.2 Å². The molecule has 1 aliphatic rings. The summed E-state index contributed by atoms with van der Waals surface area (Å²) in [6, 6.07) is 9.20. The molecule has 1 fully saturated rings. The Kier molecular flexibility index (Phi) is 7.60. The highest BCUT2D eigenvalue weighted by molar-refractivity contribution is 7.84. The molecular formula is C22H23ClN4O5S2. The Balaban J connectivity index is 1.44. The standard InChI is InChI=1S/C22H23ClN4O5S2/c23-16-3-1-2-13(5-16)4-14-6-20(33-11-14)21(29)18-9-25-12-26-22(18)27-17-7-15(19(28)8-17)10-32-34(24,30)31/h1-3,5-6,9,11-12,15,17,19,28H,4,7-8,10H2,(H2,24,30,31)(H,25,26,27)/t15-,17-,19+/m1/s1. The third-order valence-electron chi connectivity index (χ3n) is 5.58. The first-order chi connectivity index (χ1) is 16.2. The first kappa shape index (κ1) is 24.7. The lowest BCUT2D eigenvalue weighted by atomic mass is 10.1. The van der Waals surface area contributed by atoms with Crippen molar-refractivity contribution in [3.8, 4) is 0 Å². The molecule has 2 aromatic heterocycles. The van der Waals surface area contributed by atoms with E-state index in [2.05, 4.69) is 19.5 Å². The van der Waals surface area contributed by atoms with Crippen molar-refractivity contribution in [1.82, 2.24) is 9.97 Å². The summed E-state index contributed by atoms with van der Waals surface area (Å²) in [5.41, 5.74) is 2.37. The molecule has 12 heteroatoms. The van der Waals surface area contributed by atoms with Crippen molar-refractivity contribution in [2.75, 3.05) is 11.9 Å². The van der Waals surface area contributed by atoms with E-state index >= 15 is 0 Å². The van der Waals surface area contributed by atoms with Gasteiger partial charge in [0.2, 0.25) is 5.78 Å². The Morgan fingerprint density at radius 1 is 1.29 bits per heavy atom. The first-order valence-electron chi connectivity index (χ1n) is 10.5. The van der Waals surface area contributed by atoms with Crippen LogP contribution in [0.4, 0.5) is 5.82 Å². The minimum atomic E-state index is -4.08. The summed E-state index contributed by atoms with van der Waals surface area (Å²) in [5, 5.41) is 20.9. The Bertz CT molecular complexity index is 1280. The smallest absolute Gasteiger partial charge is 0.333 e. The maximum atomic E-state index is 13.2. The van der Waals surface area contributed by atoms with Crippen LogP contribution in [0.25, 0.3) is 0 Å². The lowest BCUT2D eigenvalue weighted by molar-refractivity contribution is 0.101. The second-order valence-corrected chi connectivity index (χ2v) is 10.7. The van der Waals surface area contributed by atoms with Gasteiger partial charge in [0.25, 0.3) is 0 Å². The van der Waals surface area contributed by atoms with E-state index in [1.165, 1.54) is 23.9 Å². The van der Waals surface area contributed by atoms with Crippen molar-refractivity contribution in [3.63, 3.8) is 0 Å². The number of aliphatic hydroxyl groups excluding tert-OH is 1. The molecule has 1 saturated carbocycles.